The van der Waals surface area contributed by atoms with Gasteiger partial charge in [-0.1, -0.05) is 30.3 Å². The molecule has 10 heteroatoms. The standard InChI is InChI=1S/C21H19N5O4S/c27-17(9-10-18(28)26-11-12-31-16-8-4-3-7-15(16)26)22-25-21(30)19-13-5-1-2-6-14(13)20(29)24-23-19/h1-8H,9-12H2,(H,22,27)(H,24,29)(H,25,30). The van der Waals surface area contributed by atoms with Crippen LogP contribution in [-0.4, -0.2) is 40.2 Å². The van der Waals surface area contributed by atoms with Gasteiger partial charge in [-0.15, -0.1) is 11.8 Å². The van der Waals surface area contributed by atoms with Crippen molar-refractivity contribution in [1.29, 1.82) is 0 Å². The molecule has 2 heterocycles. The first-order valence-electron chi connectivity index (χ1n) is 9.63. The molecule has 1 aliphatic rings. The van der Waals surface area contributed by atoms with Crippen LogP contribution in [0.15, 0.2) is 58.2 Å². The molecular formula is C21H19N5O4S. The third-order valence-electron chi connectivity index (χ3n) is 4.82. The second kappa shape index (κ2) is 9.00. The van der Waals surface area contributed by atoms with Gasteiger partial charge in [-0.2, -0.15) is 5.10 Å². The third kappa shape index (κ3) is 4.43. The molecule has 0 aliphatic carbocycles. The number of thioether (sulfide) groups is 1. The minimum atomic E-state index is -0.672. The number of amides is 3. The van der Waals surface area contributed by atoms with Gasteiger partial charge in [0.25, 0.3) is 11.5 Å². The van der Waals surface area contributed by atoms with E-state index in [1.165, 1.54) is 0 Å². The number of para-hydroxylation sites is 1. The number of aromatic nitrogens is 2. The number of carbonyl (C=O) groups excluding carboxylic acids is 3. The quantitative estimate of drug-likeness (QED) is 0.533. The smallest absolute Gasteiger partial charge is 0.290 e. The van der Waals surface area contributed by atoms with E-state index in [9.17, 15) is 19.2 Å². The van der Waals surface area contributed by atoms with Crippen LogP contribution in [0, 0.1) is 0 Å². The van der Waals surface area contributed by atoms with Gasteiger partial charge < -0.3 is 4.90 Å². The second-order valence-corrected chi connectivity index (χ2v) is 7.95. The highest BCUT2D eigenvalue weighted by Crippen LogP contribution is 2.34. The van der Waals surface area contributed by atoms with Crippen LogP contribution in [0.3, 0.4) is 0 Å². The highest BCUT2D eigenvalue weighted by Gasteiger charge is 2.23. The van der Waals surface area contributed by atoms with E-state index >= 15 is 0 Å². The molecule has 2 aromatic carbocycles. The second-order valence-electron chi connectivity index (χ2n) is 6.81. The first-order valence-corrected chi connectivity index (χ1v) is 10.6. The zero-order valence-corrected chi connectivity index (χ0v) is 17.2. The molecule has 9 nitrogen and oxygen atoms in total. The lowest BCUT2D eigenvalue weighted by molar-refractivity contribution is -0.125. The van der Waals surface area contributed by atoms with Crippen LogP contribution in [0.1, 0.15) is 23.3 Å². The molecule has 0 atom stereocenters. The van der Waals surface area contributed by atoms with E-state index in [1.807, 2.05) is 24.3 Å². The summed E-state index contributed by atoms with van der Waals surface area (Å²) in [6.07, 6.45) is -0.0642. The maximum Gasteiger partial charge on any atom is 0.290 e. The van der Waals surface area contributed by atoms with Crippen molar-refractivity contribution in [3.63, 3.8) is 0 Å². The van der Waals surface area contributed by atoms with Crippen molar-refractivity contribution in [1.82, 2.24) is 21.0 Å². The summed E-state index contributed by atoms with van der Waals surface area (Å²) in [7, 11) is 0. The zero-order valence-electron chi connectivity index (χ0n) is 16.4. The van der Waals surface area contributed by atoms with Gasteiger partial charge in [-0.05, 0) is 18.2 Å². The Morgan fingerprint density at radius 1 is 1.00 bits per heavy atom. The average Bonchev–Trinajstić information content (AvgIpc) is 2.81. The van der Waals surface area contributed by atoms with Crippen LogP contribution in [-0.2, 0) is 9.59 Å². The van der Waals surface area contributed by atoms with Crippen molar-refractivity contribution in [3.05, 3.63) is 64.6 Å². The number of fused-ring (bicyclic) bond motifs is 2. The number of anilines is 1. The summed E-state index contributed by atoms with van der Waals surface area (Å²) in [6, 6.07) is 14.2. The van der Waals surface area contributed by atoms with Gasteiger partial charge >= 0.3 is 0 Å². The van der Waals surface area contributed by atoms with Crippen LogP contribution in [0.4, 0.5) is 5.69 Å². The van der Waals surface area contributed by atoms with E-state index in [0.29, 0.717) is 17.3 Å². The van der Waals surface area contributed by atoms with Gasteiger partial charge in [0.2, 0.25) is 11.8 Å². The Morgan fingerprint density at radius 2 is 1.74 bits per heavy atom. The number of aromatic amines is 1. The molecule has 0 saturated carbocycles. The molecule has 4 rings (SSSR count). The number of hydrogen-bond donors (Lipinski definition) is 3. The Bertz CT molecular complexity index is 1230. The summed E-state index contributed by atoms with van der Waals surface area (Å²) in [6.45, 7) is 0.587. The number of rotatable bonds is 4. The van der Waals surface area contributed by atoms with Gasteiger partial charge in [-0.25, -0.2) is 5.10 Å². The van der Waals surface area contributed by atoms with Crippen molar-refractivity contribution >= 4 is 45.9 Å². The van der Waals surface area contributed by atoms with Crippen molar-refractivity contribution in [2.45, 2.75) is 17.7 Å². The molecule has 1 aromatic heterocycles. The Balaban J connectivity index is 1.33. The lowest BCUT2D eigenvalue weighted by Crippen LogP contribution is -2.43. The number of nitrogens with one attached hydrogen (secondary N) is 3. The van der Waals surface area contributed by atoms with Crippen LogP contribution >= 0.6 is 11.8 Å². The largest absolute Gasteiger partial charge is 0.310 e. The van der Waals surface area contributed by atoms with Gasteiger partial charge in [0.1, 0.15) is 0 Å². The molecule has 0 fully saturated rings. The average molecular weight is 437 g/mol. The number of hydrogen-bond acceptors (Lipinski definition) is 6. The molecule has 0 spiro atoms. The minimum Gasteiger partial charge on any atom is -0.310 e. The first kappa shape index (κ1) is 20.6. The van der Waals surface area contributed by atoms with Crippen molar-refractivity contribution in [2.75, 3.05) is 17.2 Å². The van der Waals surface area contributed by atoms with Crippen molar-refractivity contribution in [3.8, 4) is 0 Å². The summed E-state index contributed by atoms with van der Waals surface area (Å²) in [5.74, 6) is -0.530. The number of carbonyl (C=O) groups is 3. The Kier molecular flexibility index (Phi) is 5.99. The normalized spacial score (nSPS) is 12.8. The highest BCUT2D eigenvalue weighted by atomic mass is 32.2. The molecule has 0 unspecified atom stereocenters. The molecule has 0 saturated heterocycles. The zero-order chi connectivity index (χ0) is 21.8. The van der Waals surface area contributed by atoms with Crippen molar-refractivity contribution in [2.24, 2.45) is 0 Å². The topological polar surface area (TPSA) is 124 Å². The lowest BCUT2D eigenvalue weighted by Gasteiger charge is -2.29. The fourth-order valence-corrected chi connectivity index (χ4v) is 4.31. The highest BCUT2D eigenvalue weighted by molar-refractivity contribution is 7.99. The maximum atomic E-state index is 12.6. The molecule has 31 heavy (non-hydrogen) atoms. The molecule has 3 N–H and O–H groups in total. The summed E-state index contributed by atoms with van der Waals surface area (Å²) >= 11 is 1.70. The van der Waals surface area contributed by atoms with E-state index < -0.39 is 17.4 Å². The fourth-order valence-electron chi connectivity index (χ4n) is 3.32. The summed E-state index contributed by atoms with van der Waals surface area (Å²) < 4.78 is 0. The Hall–Kier alpha value is -3.66. The van der Waals surface area contributed by atoms with E-state index in [4.69, 9.17) is 0 Å². The van der Waals surface area contributed by atoms with Gasteiger partial charge in [0.05, 0.1) is 11.1 Å². The minimum absolute atomic E-state index is 0.0144. The fraction of sp³-hybridized carbons (Fsp3) is 0.190. The van der Waals surface area contributed by atoms with Crippen LogP contribution in [0.5, 0.6) is 0 Å². The van der Waals surface area contributed by atoms with Crippen LogP contribution in [0.25, 0.3) is 10.8 Å². The summed E-state index contributed by atoms with van der Waals surface area (Å²) in [5.41, 5.74) is 5.00. The first-order chi connectivity index (χ1) is 15.0. The molecule has 1 aliphatic heterocycles. The molecular weight excluding hydrogens is 418 g/mol. The predicted molar refractivity (Wildman–Crippen MR) is 117 cm³/mol. The maximum absolute atomic E-state index is 12.6. The third-order valence-corrected chi connectivity index (χ3v) is 5.87. The van der Waals surface area contributed by atoms with E-state index in [2.05, 4.69) is 21.0 Å². The van der Waals surface area contributed by atoms with E-state index in [1.54, 1.807) is 40.9 Å². The summed E-state index contributed by atoms with van der Waals surface area (Å²) in [5, 5.41) is 6.73. The lowest BCUT2D eigenvalue weighted by atomic mass is 10.1. The Labute approximate surface area is 181 Å². The summed E-state index contributed by atoms with van der Waals surface area (Å²) in [4.78, 5) is 51.7. The van der Waals surface area contributed by atoms with Crippen LogP contribution in [0.2, 0.25) is 0 Å². The van der Waals surface area contributed by atoms with Crippen molar-refractivity contribution < 1.29 is 14.4 Å². The number of H-pyrrole nitrogens is 1. The molecule has 3 amide bonds. The van der Waals surface area contributed by atoms with Gasteiger partial charge in [0.15, 0.2) is 5.69 Å². The molecule has 158 valence electrons. The SMILES string of the molecule is O=C(CCC(=O)N1CCSc2ccccc21)NNC(=O)c1n[nH]c(=O)c2ccccc12. The van der Waals surface area contributed by atoms with E-state index in [-0.39, 0.29) is 24.4 Å². The Morgan fingerprint density at radius 3 is 2.58 bits per heavy atom. The van der Waals surface area contributed by atoms with E-state index in [0.717, 1.165) is 16.3 Å². The van der Waals surface area contributed by atoms with Gasteiger partial charge in [-0.3, -0.25) is 30.0 Å². The van der Waals surface area contributed by atoms with Gasteiger partial charge in [0, 0.05) is 35.4 Å². The number of benzene rings is 2. The molecule has 0 bridgehead atoms. The number of nitrogens with zero attached hydrogens (tertiary/aromatic N) is 2. The van der Waals surface area contributed by atoms with Crippen LogP contribution < -0.4 is 21.3 Å². The molecule has 0 radical (unpaired) electrons. The number of hydrazine groups is 1. The predicted octanol–water partition coefficient (Wildman–Crippen LogP) is 1.60. The molecule has 3 aromatic rings. The monoisotopic (exact) mass is 437 g/mol.